The van der Waals surface area contributed by atoms with Crippen LogP contribution in [0.2, 0.25) is 0 Å². The Morgan fingerprint density at radius 3 is 2.37 bits per heavy atom. The van der Waals surface area contributed by atoms with Crippen molar-refractivity contribution in [2.45, 2.75) is 34.1 Å². The van der Waals surface area contributed by atoms with Gasteiger partial charge in [-0.05, 0) is 67.6 Å². The van der Waals surface area contributed by atoms with Gasteiger partial charge in [0.15, 0.2) is 6.61 Å². The van der Waals surface area contributed by atoms with E-state index in [0.29, 0.717) is 5.75 Å². The number of hydrogen-bond acceptors (Lipinski definition) is 3. The topological polar surface area (TPSA) is 55.6 Å². The highest BCUT2D eigenvalue weighted by molar-refractivity contribution is 5.84. The first-order valence-corrected chi connectivity index (χ1v) is 11.9. The van der Waals surface area contributed by atoms with E-state index in [-0.39, 0.29) is 12.5 Å². The van der Waals surface area contributed by atoms with Crippen molar-refractivity contribution >= 4 is 12.1 Å². The Bertz CT molecular complexity index is 1340. The highest BCUT2D eigenvalue weighted by Gasteiger charge is 2.14. The van der Waals surface area contributed by atoms with Crippen LogP contribution in [-0.4, -0.2) is 23.3 Å². The van der Waals surface area contributed by atoms with E-state index in [9.17, 15) is 4.79 Å². The molecule has 178 valence electrons. The molecule has 0 radical (unpaired) electrons. The van der Waals surface area contributed by atoms with Crippen LogP contribution in [0.5, 0.6) is 5.75 Å². The number of carbonyl (C=O) groups is 1. The predicted octanol–water partition coefficient (Wildman–Crippen LogP) is 6.16. The van der Waals surface area contributed by atoms with Gasteiger partial charge in [0, 0.05) is 17.0 Å². The second-order valence-corrected chi connectivity index (χ2v) is 8.57. The van der Waals surface area contributed by atoms with E-state index in [1.807, 2.05) is 42.5 Å². The number of para-hydroxylation sites is 1. The van der Waals surface area contributed by atoms with Crippen molar-refractivity contribution in [1.82, 2.24) is 9.99 Å². The maximum absolute atomic E-state index is 12.2. The molecule has 35 heavy (non-hydrogen) atoms. The van der Waals surface area contributed by atoms with Gasteiger partial charge >= 0.3 is 0 Å². The first-order chi connectivity index (χ1) is 17.0. The average Bonchev–Trinajstić information content (AvgIpc) is 3.16. The summed E-state index contributed by atoms with van der Waals surface area (Å²) in [6, 6.07) is 26.3. The van der Waals surface area contributed by atoms with Crippen molar-refractivity contribution in [2.75, 3.05) is 6.61 Å². The summed E-state index contributed by atoms with van der Waals surface area (Å²) < 4.78 is 7.88. The Morgan fingerprint density at radius 2 is 1.66 bits per heavy atom. The van der Waals surface area contributed by atoms with Crippen LogP contribution in [0.3, 0.4) is 0 Å². The molecule has 0 bridgehead atoms. The smallest absolute Gasteiger partial charge is 0.277 e. The minimum absolute atomic E-state index is 0.107. The number of ether oxygens (including phenoxy) is 1. The van der Waals surface area contributed by atoms with Crippen LogP contribution in [0, 0.1) is 20.8 Å². The molecule has 0 saturated heterocycles. The van der Waals surface area contributed by atoms with Gasteiger partial charge in [0.25, 0.3) is 5.91 Å². The van der Waals surface area contributed by atoms with Gasteiger partial charge in [0.2, 0.25) is 0 Å². The van der Waals surface area contributed by atoms with Gasteiger partial charge in [-0.15, -0.1) is 0 Å². The lowest BCUT2D eigenvalue weighted by Crippen LogP contribution is -2.24. The number of aromatic nitrogens is 1. The van der Waals surface area contributed by atoms with E-state index in [1.54, 1.807) is 6.21 Å². The molecule has 4 rings (SSSR count). The molecular formula is C30H31N3O2. The SMILES string of the molecule is CCc1cccc(C)c1-n1c(C)cc(/C=N/NC(=O)COc2ccc(-c3ccccc3)cc2)c1C. The summed E-state index contributed by atoms with van der Waals surface area (Å²) in [5.41, 5.74) is 11.7. The van der Waals surface area contributed by atoms with Crippen LogP contribution in [0.25, 0.3) is 16.8 Å². The van der Waals surface area contributed by atoms with Gasteiger partial charge in [-0.2, -0.15) is 5.10 Å². The monoisotopic (exact) mass is 465 g/mol. The summed E-state index contributed by atoms with van der Waals surface area (Å²) >= 11 is 0. The number of hydrogen-bond donors (Lipinski definition) is 1. The van der Waals surface area contributed by atoms with Gasteiger partial charge in [-0.3, -0.25) is 4.79 Å². The zero-order chi connectivity index (χ0) is 24.8. The summed E-state index contributed by atoms with van der Waals surface area (Å²) in [7, 11) is 0. The van der Waals surface area contributed by atoms with Crippen LogP contribution >= 0.6 is 0 Å². The first-order valence-electron chi connectivity index (χ1n) is 11.9. The van der Waals surface area contributed by atoms with Gasteiger partial charge in [0.05, 0.1) is 11.9 Å². The second kappa shape index (κ2) is 10.9. The molecule has 0 atom stereocenters. The van der Waals surface area contributed by atoms with Gasteiger partial charge in [0.1, 0.15) is 5.75 Å². The minimum atomic E-state index is -0.311. The number of aryl methyl sites for hydroxylation is 3. The molecule has 0 spiro atoms. The number of hydrazone groups is 1. The number of amides is 1. The van der Waals surface area contributed by atoms with Crippen LogP contribution in [0.4, 0.5) is 0 Å². The molecule has 1 amide bonds. The fourth-order valence-electron chi connectivity index (χ4n) is 4.32. The third kappa shape index (κ3) is 5.52. The molecular weight excluding hydrogens is 434 g/mol. The molecule has 4 aromatic rings. The lowest BCUT2D eigenvalue weighted by Gasteiger charge is -2.17. The minimum Gasteiger partial charge on any atom is -0.484 e. The summed E-state index contributed by atoms with van der Waals surface area (Å²) in [5.74, 6) is 0.326. The number of nitrogens with one attached hydrogen (secondary N) is 1. The third-order valence-corrected chi connectivity index (χ3v) is 6.12. The predicted molar refractivity (Wildman–Crippen MR) is 142 cm³/mol. The second-order valence-electron chi connectivity index (χ2n) is 8.57. The number of carbonyl (C=O) groups excluding carboxylic acids is 1. The summed E-state index contributed by atoms with van der Waals surface area (Å²) in [6.07, 6.45) is 2.65. The van der Waals surface area contributed by atoms with Crippen LogP contribution in [0.1, 0.15) is 35.0 Å². The van der Waals surface area contributed by atoms with E-state index in [4.69, 9.17) is 4.74 Å². The molecule has 1 aromatic heterocycles. The van der Waals surface area contributed by atoms with Crippen molar-refractivity contribution in [2.24, 2.45) is 5.10 Å². The van der Waals surface area contributed by atoms with Crippen molar-refractivity contribution in [3.63, 3.8) is 0 Å². The molecule has 5 heteroatoms. The summed E-state index contributed by atoms with van der Waals surface area (Å²) in [5, 5.41) is 4.16. The maximum Gasteiger partial charge on any atom is 0.277 e. The maximum atomic E-state index is 12.2. The Morgan fingerprint density at radius 1 is 0.943 bits per heavy atom. The van der Waals surface area contributed by atoms with Gasteiger partial charge < -0.3 is 9.30 Å². The van der Waals surface area contributed by atoms with E-state index < -0.39 is 0 Å². The highest BCUT2D eigenvalue weighted by atomic mass is 16.5. The fourth-order valence-corrected chi connectivity index (χ4v) is 4.32. The number of rotatable bonds is 8. The van der Waals surface area contributed by atoms with E-state index in [2.05, 4.69) is 79.2 Å². The Labute approximate surface area is 207 Å². The largest absolute Gasteiger partial charge is 0.484 e. The van der Waals surface area contributed by atoms with Crippen LogP contribution in [-0.2, 0) is 11.2 Å². The van der Waals surface area contributed by atoms with Gasteiger partial charge in [-0.25, -0.2) is 5.43 Å². The number of nitrogens with zero attached hydrogens (tertiary/aromatic N) is 2. The molecule has 0 aliphatic rings. The number of benzene rings is 3. The molecule has 3 aromatic carbocycles. The molecule has 0 unspecified atom stereocenters. The van der Waals surface area contributed by atoms with Crippen molar-refractivity contribution in [3.8, 4) is 22.6 Å². The third-order valence-electron chi connectivity index (χ3n) is 6.12. The zero-order valence-corrected chi connectivity index (χ0v) is 20.7. The molecule has 0 aliphatic carbocycles. The average molecular weight is 466 g/mol. The van der Waals surface area contributed by atoms with E-state index in [0.717, 1.165) is 34.5 Å². The molecule has 0 fully saturated rings. The van der Waals surface area contributed by atoms with Gasteiger partial charge in [-0.1, -0.05) is 67.6 Å². The van der Waals surface area contributed by atoms with E-state index >= 15 is 0 Å². The van der Waals surface area contributed by atoms with Crippen LogP contribution < -0.4 is 10.2 Å². The lowest BCUT2D eigenvalue weighted by atomic mass is 10.1. The molecule has 1 N–H and O–H groups in total. The molecule has 5 nitrogen and oxygen atoms in total. The van der Waals surface area contributed by atoms with Crippen molar-refractivity contribution < 1.29 is 9.53 Å². The molecule has 1 heterocycles. The standard InChI is InChI=1S/C30H31N3O2/c1-5-24-13-9-10-21(2)30(24)33-22(3)18-27(23(33)4)19-31-32-29(34)20-35-28-16-14-26(15-17-28)25-11-7-6-8-12-25/h6-19H,5,20H2,1-4H3,(H,32,34)/b31-19+. The molecule has 0 aliphatic heterocycles. The summed E-state index contributed by atoms with van der Waals surface area (Å²) in [4.78, 5) is 12.2. The van der Waals surface area contributed by atoms with Crippen LogP contribution in [0.15, 0.2) is 84.0 Å². The lowest BCUT2D eigenvalue weighted by molar-refractivity contribution is -0.123. The molecule has 0 saturated carbocycles. The quantitative estimate of drug-likeness (QED) is 0.250. The van der Waals surface area contributed by atoms with E-state index in [1.165, 1.54) is 16.8 Å². The zero-order valence-electron chi connectivity index (χ0n) is 20.7. The first kappa shape index (κ1) is 24.0. The summed E-state index contributed by atoms with van der Waals surface area (Å²) in [6.45, 7) is 8.36. The van der Waals surface area contributed by atoms with Crippen molar-refractivity contribution in [1.29, 1.82) is 0 Å². The Kier molecular flexibility index (Phi) is 7.46. The Balaban J connectivity index is 1.37. The van der Waals surface area contributed by atoms with Crippen molar-refractivity contribution in [3.05, 3.63) is 107 Å². The normalized spacial score (nSPS) is 11.1. The fraction of sp³-hybridized carbons (Fsp3) is 0.200. The Hall–Kier alpha value is -4.12. The highest BCUT2D eigenvalue weighted by Crippen LogP contribution is 2.26.